The van der Waals surface area contributed by atoms with E-state index in [1.807, 2.05) is 0 Å². The summed E-state index contributed by atoms with van der Waals surface area (Å²) in [5.41, 5.74) is 0. The van der Waals surface area contributed by atoms with E-state index in [0.717, 1.165) is 9.80 Å². The SMILES string of the molecule is CCN1C(=O)C(N(C)C=O)C1=O. The van der Waals surface area contributed by atoms with Crippen molar-refractivity contribution in [3.63, 3.8) is 0 Å². The minimum absolute atomic E-state index is 0.294. The smallest absolute Gasteiger partial charge is 0.261 e. The molecule has 0 N–H and O–H groups in total. The minimum Gasteiger partial charge on any atom is -0.328 e. The normalized spacial score (nSPS) is 17.7. The number of nitrogens with zero attached hydrogens (tertiary/aromatic N) is 2. The number of likely N-dealkylation sites (N-methyl/N-ethyl adjacent to an activating group) is 2. The van der Waals surface area contributed by atoms with Crippen LogP contribution in [0.15, 0.2) is 0 Å². The molecule has 0 atom stereocenters. The zero-order valence-corrected chi connectivity index (χ0v) is 6.98. The Bertz CT molecular complexity index is 223. The summed E-state index contributed by atoms with van der Waals surface area (Å²) in [7, 11) is 1.42. The first-order chi connectivity index (χ1) is 5.63. The van der Waals surface area contributed by atoms with Crippen molar-refractivity contribution in [2.75, 3.05) is 13.6 Å². The number of imide groups is 1. The molecule has 0 spiro atoms. The zero-order chi connectivity index (χ0) is 9.30. The van der Waals surface area contributed by atoms with E-state index in [-0.39, 0.29) is 11.8 Å². The molecule has 1 aliphatic rings. The third kappa shape index (κ3) is 0.975. The van der Waals surface area contributed by atoms with E-state index in [4.69, 9.17) is 0 Å². The van der Waals surface area contributed by atoms with E-state index in [2.05, 4.69) is 0 Å². The van der Waals surface area contributed by atoms with E-state index < -0.39 is 6.04 Å². The Morgan fingerprint density at radius 2 is 2.00 bits per heavy atom. The number of carbonyl (C=O) groups is 3. The van der Waals surface area contributed by atoms with Crippen molar-refractivity contribution in [1.82, 2.24) is 9.80 Å². The van der Waals surface area contributed by atoms with Gasteiger partial charge in [0.25, 0.3) is 11.8 Å². The van der Waals surface area contributed by atoms with Crippen molar-refractivity contribution in [2.24, 2.45) is 0 Å². The van der Waals surface area contributed by atoms with Gasteiger partial charge in [0.05, 0.1) is 0 Å². The summed E-state index contributed by atoms with van der Waals surface area (Å²) in [6, 6.07) is -0.873. The summed E-state index contributed by atoms with van der Waals surface area (Å²) >= 11 is 0. The Balaban J connectivity index is 2.68. The molecule has 12 heavy (non-hydrogen) atoms. The molecular formula is C7H10N2O3. The Morgan fingerprint density at radius 3 is 2.33 bits per heavy atom. The van der Waals surface area contributed by atoms with Crippen LogP contribution in [0.25, 0.3) is 0 Å². The molecule has 1 aliphatic heterocycles. The molecule has 66 valence electrons. The van der Waals surface area contributed by atoms with Gasteiger partial charge in [-0.25, -0.2) is 0 Å². The molecule has 0 bridgehead atoms. The van der Waals surface area contributed by atoms with Crippen molar-refractivity contribution in [2.45, 2.75) is 13.0 Å². The average molecular weight is 170 g/mol. The molecule has 1 heterocycles. The second-order valence-corrected chi connectivity index (χ2v) is 2.59. The maximum Gasteiger partial charge on any atom is 0.261 e. The predicted molar refractivity (Wildman–Crippen MR) is 40.0 cm³/mol. The van der Waals surface area contributed by atoms with Gasteiger partial charge in [-0.1, -0.05) is 0 Å². The zero-order valence-electron chi connectivity index (χ0n) is 6.98. The van der Waals surface area contributed by atoms with Gasteiger partial charge >= 0.3 is 0 Å². The third-order valence-corrected chi connectivity index (χ3v) is 1.89. The van der Waals surface area contributed by atoms with Crippen LogP contribution in [0.3, 0.4) is 0 Å². The first kappa shape index (κ1) is 8.70. The van der Waals surface area contributed by atoms with Gasteiger partial charge in [0.1, 0.15) is 0 Å². The first-order valence-corrected chi connectivity index (χ1v) is 3.66. The monoisotopic (exact) mass is 170 g/mol. The number of hydrogen-bond acceptors (Lipinski definition) is 3. The van der Waals surface area contributed by atoms with Crippen LogP contribution in [0.2, 0.25) is 0 Å². The Kier molecular flexibility index (Phi) is 2.12. The van der Waals surface area contributed by atoms with Crippen LogP contribution >= 0.6 is 0 Å². The van der Waals surface area contributed by atoms with Crippen LogP contribution in [0.4, 0.5) is 0 Å². The van der Waals surface area contributed by atoms with Crippen LogP contribution in [0.1, 0.15) is 6.92 Å². The quantitative estimate of drug-likeness (QED) is 0.305. The lowest BCUT2D eigenvalue weighted by Gasteiger charge is -2.38. The number of likely N-dealkylation sites (tertiary alicyclic amines) is 1. The lowest BCUT2D eigenvalue weighted by molar-refractivity contribution is -0.168. The summed E-state index contributed by atoms with van der Waals surface area (Å²) < 4.78 is 0. The number of amides is 3. The molecule has 1 saturated heterocycles. The van der Waals surface area contributed by atoms with Gasteiger partial charge in [-0.05, 0) is 6.92 Å². The van der Waals surface area contributed by atoms with E-state index in [1.54, 1.807) is 6.92 Å². The number of rotatable bonds is 3. The Labute approximate surface area is 69.9 Å². The molecule has 1 fully saturated rings. The van der Waals surface area contributed by atoms with Crippen molar-refractivity contribution < 1.29 is 14.4 Å². The van der Waals surface area contributed by atoms with Crippen molar-refractivity contribution in [3.05, 3.63) is 0 Å². The molecule has 5 heteroatoms. The third-order valence-electron chi connectivity index (χ3n) is 1.89. The molecule has 0 aromatic rings. The van der Waals surface area contributed by atoms with Gasteiger partial charge in [0, 0.05) is 13.6 Å². The van der Waals surface area contributed by atoms with E-state index in [1.165, 1.54) is 7.05 Å². The van der Waals surface area contributed by atoms with Crippen LogP contribution in [-0.2, 0) is 14.4 Å². The van der Waals surface area contributed by atoms with Gasteiger partial charge in [0.2, 0.25) is 6.41 Å². The van der Waals surface area contributed by atoms with E-state index in [0.29, 0.717) is 13.0 Å². The van der Waals surface area contributed by atoms with Crippen LogP contribution < -0.4 is 0 Å². The number of hydrogen-bond donors (Lipinski definition) is 0. The molecule has 0 unspecified atom stereocenters. The number of β-lactam (4-membered cyclic amide) rings is 2. The molecule has 0 aliphatic carbocycles. The standard InChI is InChI=1S/C7H10N2O3/c1-3-9-6(11)5(7(9)12)8(2)4-10/h4-5H,3H2,1-2H3. The highest BCUT2D eigenvalue weighted by Gasteiger charge is 2.47. The molecule has 0 radical (unpaired) electrons. The average Bonchev–Trinajstić information content (AvgIpc) is 2.05. The number of carbonyl (C=O) groups excluding carboxylic acids is 3. The van der Waals surface area contributed by atoms with Crippen LogP contribution in [0.5, 0.6) is 0 Å². The molecular weight excluding hydrogens is 160 g/mol. The van der Waals surface area contributed by atoms with E-state index in [9.17, 15) is 14.4 Å². The molecule has 5 nitrogen and oxygen atoms in total. The summed E-state index contributed by atoms with van der Waals surface area (Å²) in [5.74, 6) is -0.589. The van der Waals surface area contributed by atoms with Crippen molar-refractivity contribution >= 4 is 18.2 Å². The Hall–Kier alpha value is -1.39. The Morgan fingerprint density at radius 1 is 1.50 bits per heavy atom. The first-order valence-electron chi connectivity index (χ1n) is 3.66. The van der Waals surface area contributed by atoms with Crippen molar-refractivity contribution in [3.8, 4) is 0 Å². The maximum atomic E-state index is 11.1. The second kappa shape index (κ2) is 2.92. The highest BCUT2D eigenvalue weighted by Crippen LogP contribution is 2.15. The van der Waals surface area contributed by atoms with E-state index >= 15 is 0 Å². The van der Waals surface area contributed by atoms with Gasteiger partial charge in [-0.3, -0.25) is 19.3 Å². The highest BCUT2D eigenvalue weighted by molar-refractivity contribution is 6.21. The summed E-state index contributed by atoms with van der Waals surface area (Å²) in [4.78, 5) is 34.6. The van der Waals surface area contributed by atoms with Gasteiger partial charge < -0.3 is 4.90 Å². The summed E-state index contributed by atoms with van der Waals surface area (Å²) in [5, 5.41) is 0. The fraction of sp³-hybridized carbons (Fsp3) is 0.571. The molecule has 1 rings (SSSR count). The van der Waals surface area contributed by atoms with Crippen LogP contribution in [-0.4, -0.2) is 47.7 Å². The summed E-state index contributed by atoms with van der Waals surface area (Å²) in [6.45, 7) is 2.09. The largest absolute Gasteiger partial charge is 0.328 e. The molecule has 3 amide bonds. The molecule has 0 aromatic heterocycles. The lowest BCUT2D eigenvalue weighted by atomic mass is 10.1. The fourth-order valence-electron chi connectivity index (χ4n) is 1.16. The highest BCUT2D eigenvalue weighted by atomic mass is 16.2. The minimum atomic E-state index is -0.873. The van der Waals surface area contributed by atoms with Gasteiger partial charge in [-0.2, -0.15) is 0 Å². The topological polar surface area (TPSA) is 57.7 Å². The molecule has 0 saturated carbocycles. The second-order valence-electron chi connectivity index (χ2n) is 2.59. The van der Waals surface area contributed by atoms with Gasteiger partial charge in [0.15, 0.2) is 6.04 Å². The predicted octanol–water partition coefficient (Wildman–Crippen LogP) is -1.17. The van der Waals surface area contributed by atoms with Crippen molar-refractivity contribution in [1.29, 1.82) is 0 Å². The maximum absolute atomic E-state index is 11.1. The lowest BCUT2D eigenvalue weighted by Crippen LogP contribution is -2.66. The van der Waals surface area contributed by atoms with Gasteiger partial charge in [-0.15, -0.1) is 0 Å². The summed E-state index contributed by atoms with van der Waals surface area (Å²) in [6.07, 6.45) is 0.480. The van der Waals surface area contributed by atoms with Crippen LogP contribution in [0, 0.1) is 0 Å². The molecule has 0 aromatic carbocycles. The fourth-order valence-corrected chi connectivity index (χ4v) is 1.16.